The Labute approximate surface area is 194 Å². The van der Waals surface area contributed by atoms with Crippen LogP contribution in [0.15, 0.2) is 48.5 Å². The van der Waals surface area contributed by atoms with Crippen LogP contribution in [-0.2, 0) is 29.1 Å². The molecule has 1 saturated heterocycles. The van der Waals surface area contributed by atoms with E-state index in [1.807, 2.05) is 12.1 Å². The fourth-order valence-corrected chi connectivity index (χ4v) is 5.62. The van der Waals surface area contributed by atoms with Crippen molar-refractivity contribution in [2.45, 2.75) is 70.1 Å². The summed E-state index contributed by atoms with van der Waals surface area (Å²) in [6.45, 7) is 1.20. The van der Waals surface area contributed by atoms with Crippen LogP contribution >= 0.6 is 0 Å². The monoisotopic (exact) mass is 445 g/mol. The number of carbonyl (C=O) groups excluding carboxylic acids is 3. The average molecular weight is 446 g/mol. The van der Waals surface area contributed by atoms with E-state index in [1.54, 1.807) is 4.90 Å². The van der Waals surface area contributed by atoms with E-state index in [9.17, 15) is 14.4 Å². The lowest BCUT2D eigenvalue weighted by atomic mass is 9.80. The van der Waals surface area contributed by atoms with Crippen molar-refractivity contribution in [1.82, 2.24) is 15.5 Å². The van der Waals surface area contributed by atoms with Crippen molar-refractivity contribution in [1.29, 1.82) is 0 Å². The fraction of sp³-hybridized carbons (Fsp3) is 0.444. The van der Waals surface area contributed by atoms with Crippen molar-refractivity contribution in [2.75, 3.05) is 0 Å². The number of piperidine rings is 1. The predicted octanol–water partition coefficient (Wildman–Crippen LogP) is 3.34. The molecular formula is C27H31N3O3. The summed E-state index contributed by atoms with van der Waals surface area (Å²) in [4.78, 5) is 38.2. The molecule has 0 radical (unpaired) electrons. The van der Waals surface area contributed by atoms with Gasteiger partial charge in [0.05, 0.1) is 0 Å². The third-order valence-corrected chi connectivity index (χ3v) is 7.41. The van der Waals surface area contributed by atoms with Crippen LogP contribution in [0.4, 0.5) is 0 Å². The first-order valence-corrected chi connectivity index (χ1v) is 12.1. The quantitative estimate of drug-likeness (QED) is 0.669. The summed E-state index contributed by atoms with van der Waals surface area (Å²) < 4.78 is 0. The van der Waals surface area contributed by atoms with Gasteiger partial charge in [-0.2, -0.15) is 0 Å². The summed E-state index contributed by atoms with van der Waals surface area (Å²) in [6.07, 6.45) is 6.80. The normalized spacial score (nSPS) is 25.2. The van der Waals surface area contributed by atoms with Crippen LogP contribution in [0.2, 0.25) is 0 Å². The lowest BCUT2D eigenvalue weighted by Crippen LogP contribution is -2.52. The van der Waals surface area contributed by atoms with Gasteiger partial charge in [-0.15, -0.1) is 0 Å². The van der Waals surface area contributed by atoms with E-state index >= 15 is 0 Å². The highest BCUT2D eigenvalue weighted by atomic mass is 16.2. The van der Waals surface area contributed by atoms with Gasteiger partial charge in [0.15, 0.2) is 0 Å². The Kier molecular flexibility index (Phi) is 6.27. The Balaban J connectivity index is 1.23. The van der Waals surface area contributed by atoms with E-state index in [1.165, 1.54) is 31.2 Å². The van der Waals surface area contributed by atoms with Gasteiger partial charge in [-0.1, -0.05) is 55.3 Å². The third kappa shape index (κ3) is 4.71. The third-order valence-electron chi connectivity index (χ3n) is 7.41. The van der Waals surface area contributed by atoms with Gasteiger partial charge in [0.25, 0.3) is 5.91 Å². The highest BCUT2D eigenvalue weighted by molar-refractivity contribution is 6.05. The van der Waals surface area contributed by atoms with Crippen molar-refractivity contribution < 1.29 is 14.4 Å². The summed E-state index contributed by atoms with van der Waals surface area (Å²) in [5.41, 5.74) is 4.20. The number of nitrogens with zero attached hydrogens (tertiary/aromatic N) is 1. The Morgan fingerprint density at radius 2 is 1.76 bits per heavy atom. The van der Waals surface area contributed by atoms with Crippen molar-refractivity contribution in [3.8, 4) is 0 Å². The van der Waals surface area contributed by atoms with Gasteiger partial charge in [0.2, 0.25) is 11.8 Å². The number of rotatable bonds is 6. The Morgan fingerprint density at radius 3 is 2.58 bits per heavy atom. The summed E-state index contributed by atoms with van der Waals surface area (Å²) in [5.74, 6) is -0.104. The molecule has 0 spiro atoms. The summed E-state index contributed by atoms with van der Waals surface area (Å²) in [5, 5.41) is 6.16. The highest BCUT2D eigenvalue weighted by Gasteiger charge is 2.39. The zero-order valence-electron chi connectivity index (χ0n) is 18.9. The van der Waals surface area contributed by atoms with Gasteiger partial charge in [0, 0.05) is 31.1 Å². The molecule has 6 heteroatoms. The SMILES string of the molecule is O=C1CCC(N2Cc3cc(CN[C@@H]4CCCC[C@H]4Cc4ccccc4)ccc3C2=O)C(=O)N1. The highest BCUT2D eigenvalue weighted by Crippen LogP contribution is 2.30. The lowest BCUT2D eigenvalue weighted by molar-refractivity contribution is -0.136. The number of amides is 3. The molecule has 6 nitrogen and oxygen atoms in total. The van der Waals surface area contributed by atoms with Gasteiger partial charge >= 0.3 is 0 Å². The molecular weight excluding hydrogens is 414 g/mol. The van der Waals surface area contributed by atoms with Crippen molar-refractivity contribution >= 4 is 17.7 Å². The molecule has 2 fully saturated rings. The molecule has 2 N–H and O–H groups in total. The number of fused-ring (bicyclic) bond motifs is 1. The number of benzene rings is 2. The number of hydrogen-bond acceptors (Lipinski definition) is 4. The van der Waals surface area contributed by atoms with Crippen molar-refractivity contribution in [2.24, 2.45) is 5.92 Å². The van der Waals surface area contributed by atoms with E-state index in [4.69, 9.17) is 0 Å². The lowest BCUT2D eigenvalue weighted by Gasteiger charge is -2.32. The molecule has 3 atom stereocenters. The van der Waals surface area contributed by atoms with Gasteiger partial charge < -0.3 is 10.2 Å². The molecule has 3 amide bonds. The molecule has 33 heavy (non-hydrogen) atoms. The van der Waals surface area contributed by atoms with E-state index in [-0.39, 0.29) is 24.1 Å². The van der Waals surface area contributed by atoms with Crippen LogP contribution in [-0.4, -0.2) is 34.7 Å². The number of nitrogens with one attached hydrogen (secondary N) is 2. The molecule has 0 aromatic heterocycles. The summed E-state index contributed by atoms with van der Waals surface area (Å²) in [7, 11) is 0. The molecule has 2 aromatic carbocycles. The van der Waals surface area contributed by atoms with Crippen LogP contribution in [0.3, 0.4) is 0 Å². The molecule has 2 heterocycles. The standard InChI is InChI=1S/C27H31N3O3/c31-25-13-12-24(26(32)29-25)30-17-21-15-19(10-11-22(21)27(30)33)16-28-23-9-5-4-8-20(23)14-18-6-2-1-3-7-18/h1-3,6-7,10-11,15,20,23-24,28H,4-5,8-9,12-14,16-17H2,(H,29,31,32)/t20-,23+,24?/m0/s1. The van der Waals surface area contributed by atoms with Crippen LogP contribution in [0, 0.1) is 5.92 Å². The molecule has 0 bridgehead atoms. The molecule has 1 aliphatic carbocycles. The Morgan fingerprint density at radius 1 is 0.939 bits per heavy atom. The van der Waals surface area contributed by atoms with Crippen molar-refractivity contribution in [3.05, 3.63) is 70.8 Å². The van der Waals surface area contributed by atoms with Crippen LogP contribution < -0.4 is 10.6 Å². The fourth-order valence-electron chi connectivity index (χ4n) is 5.62. The summed E-state index contributed by atoms with van der Waals surface area (Å²) >= 11 is 0. The van der Waals surface area contributed by atoms with Crippen LogP contribution in [0.25, 0.3) is 0 Å². The van der Waals surface area contributed by atoms with E-state index in [0.717, 1.165) is 24.1 Å². The minimum Gasteiger partial charge on any atom is -0.322 e. The minimum atomic E-state index is -0.565. The second-order valence-corrected chi connectivity index (χ2v) is 9.61. The smallest absolute Gasteiger partial charge is 0.255 e. The number of carbonyl (C=O) groups is 3. The Bertz CT molecular complexity index is 1050. The summed E-state index contributed by atoms with van der Waals surface area (Å²) in [6, 6.07) is 16.7. The molecule has 1 unspecified atom stereocenters. The van der Waals surface area contributed by atoms with Gasteiger partial charge in [-0.25, -0.2) is 0 Å². The first-order chi connectivity index (χ1) is 16.1. The van der Waals surface area contributed by atoms with Gasteiger partial charge in [0.1, 0.15) is 6.04 Å². The van der Waals surface area contributed by atoms with Crippen LogP contribution in [0.5, 0.6) is 0 Å². The number of imide groups is 1. The minimum absolute atomic E-state index is 0.116. The molecule has 2 aliphatic heterocycles. The van der Waals surface area contributed by atoms with E-state index in [0.29, 0.717) is 30.5 Å². The van der Waals surface area contributed by atoms with Crippen LogP contribution in [0.1, 0.15) is 65.6 Å². The number of hydrogen-bond donors (Lipinski definition) is 2. The van der Waals surface area contributed by atoms with Crippen molar-refractivity contribution in [3.63, 3.8) is 0 Å². The maximum absolute atomic E-state index is 12.9. The Hall–Kier alpha value is -2.99. The first-order valence-electron chi connectivity index (χ1n) is 12.1. The zero-order valence-corrected chi connectivity index (χ0v) is 18.9. The topological polar surface area (TPSA) is 78.5 Å². The first kappa shape index (κ1) is 21.8. The predicted molar refractivity (Wildman–Crippen MR) is 125 cm³/mol. The largest absolute Gasteiger partial charge is 0.322 e. The second-order valence-electron chi connectivity index (χ2n) is 9.61. The maximum atomic E-state index is 12.9. The maximum Gasteiger partial charge on any atom is 0.255 e. The van der Waals surface area contributed by atoms with E-state index < -0.39 is 6.04 Å². The molecule has 3 aliphatic rings. The van der Waals surface area contributed by atoms with Gasteiger partial charge in [-0.3, -0.25) is 19.7 Å². The molecule has 5 rings (SSSR count). The average Bonchev–Trinajstić information content (AvgIpc) is 3.14. The molecule has 2 aromatic rings. The molecule has 172 valence electrons. The molecule has 1 saturated carbocycles. The second kappa shape index (κ2) is 9.48. The van der Waals surface area contributed by atoms with Gasteiger partial charge in [-0.05, 0) is 54.4 Å². The zero-order chi connectivity index (χ0) is 22.8. The van der Waals surface area contributed by atoms with E-state index in [2.05, 4.69) is 47.0 Å².